The van der Waals surface area contributed by atoms with Gasteiger partial charge >= 0.3 is 0 Å². The molecule has 1 N–H and O–H groups in total. The molecule has 2 aliphatic heterocycles. The van der Waals surface area contributed by atoms with Gasteiger partial charge in [-0.3, -0.25) is 0 Å². The Bertz CT molecular complexity index is 133. The minimum Gasteiger partial charge on any atom is -0.376 e. The highest BCUT2D eigenvalue weighted by atomic mass is 16.5. The van der Waals surface area contributed by atoms with E-state index in [-0.39, 0.29) is 0 Å². The number of hydrogen-bond donors (Lipinski definition) is 1. The summed E-state index contributed by atoms with van der Waals surface area (Å²) in [6, 6.07) is 0. The van der Waals surface area contributed by atoms with E-state index in [9.17, 15) is 0 Å². The SMILES string of the molecule is C1CCC(CO[C@H]2CCCNC2)OC1. The summed E-state index contributed by atoms with van der Waals surface area (Å²) in [7, 11) is 0. The minimum atomic E-state index is 0.366. The van der Waals surface area contributed by atoms with Gasteiger partial charge in [0, 0.05) is 13.2 Å². The first kappa shape index (κ1) is 10.4. The van der Waals surface area contributed by atoms with Gasteiger partial charge in [0.05, 0.1) is 18.8 Å². The largest absolute Gasteiger partial charge is 0.376 e. The van der Waals surface area contributed by atoms with Gasteiger partial charge in [0.2, 0.25) is 0 Å². The van der Waals surface area contributed by atoms with Gasteiger partial charge in [-0.2, -0.15) is 0 Å². The molecule has 2 fully saturated rings. The van der Waals surface area contributed by atoms with Crippen molar-refractivity contribution in [2.45, 2.75) is 44.3 Å². The van der Waals surface area contributed by atoms with Crippen molar-refractivity contribution >= 4 is 0 Å². The molecule has 0 aromatic heterocycles. The van der Waals surface area contributed by atoms with E-state index in [1.807, 2.05) is 0 Å². The summed E-state index contributed by atoms with van der Waals surface area (Å²) in [4.78, 5) is 0. The zero-order valence-electron chi connectivity index (χ0n) is 8.84. The van der Waals surface area contributed by atoms with Gasteiger partial charge < -0.3 is 14.8 Å². The second-order valence-corrected chi connectivity index (χ2v) is 4.29. The number of rotatable bonds is 3. The highest BCUT2D eigenvalue weighted by Crippen LogP contribution is 2.14. The lowest BCUT2D eigenvalue weighted by Crippen LogP contribution is -2.37. The van der Waals surface area contributed by atoms with Crippen LogP contribution in [-0.4, -0.2) is 38.5 Å². The van der Waals surface area contributed by atoms with Crippen molar-refractivity contribution in [1.29, 1.82) is 0 Å². The molecule has 2 saturated heterocycles. The highest BCUT2D eigenvalue weighted by Gasteiger charge is 2.18. The van der Waals surface area contributed by atoms with Crippen LogP contribution in [0.25, 0.3) is 0 Å². The molecular formula is C11H21NO2. The Morgan fingerprint density at radius 2 is 2.21 bits per heavy atom. The quantitative estimate of drug-likeness (QED) is 0.743. The van der Waals surface area contributed by atoms with E-state index in [1.165, 1.54) is 32.1 Å². The molecule has 3 heteroatoms. The Labute approximate surface area is 86.2 Å². The predicted molar refractivity (Wildman–Crippen MR) is 55.4 cm³/mol. The predicted octanol–water partition coefficient (Wildman–Crippen LogP) is 1.32. The molecule has 0 aromatic carbocycles. The molecule has 0 bridgehead atoms. The molecule has 14 heavy (non-hydrogen) atoms. The minimum absolute atomic E-state index is 0.366. The van der Waals surface area contributed by atoms with Crippen LogP contribution in [0.5, 0.6) is 0 Å². The van der Waals surface area contributed by atoms with Crippen molar-refractivity contribution in [3.05, 3.63) is 0 Å². The molecular weight excluding hydrogens is 178 g/mol. The van der Waals surface area contributed by atoms with Crippen LogP contribution >= 0.6 is 0 Å². The summed E-state index contributed by atoms with van der Waals surface area (Å²) in [5.74, 6) is 0. The molecule has 0 radical (unpaired) electrons. The average molecular weight is 199 g/mol. The average Bonchev–Trinajstić information content (AvgIpc) is 2.29. The van der Waals surface area contributed by atoms with Gasteiger partial charge in [-0.15, -0.1) is 0 Å². The van der Waals surface area contributed by atoms with Crippen molar-refractivity contribution in [3.8, 4) is 0 Å². The van der Waals surface area contributed by atoms with Gasteiger partial charge in [0.25, 0.3) is 0 Å². The summed E-state index contributed by atoms with van der Waals surface area (Å²) >= 11 is 0. The maximum absolute atomic E-state index is 5.83. The Kier molecular flexibility index (Phi) is 4.22. The molecule has 0 spiro atoms. The van der Waals surface area contributed by atoms with E-state index in [4.69, 9.17) is 9.47 Å². The van der Waals surface area contributed by atoms with Crippen LogP contribution in [0, 0.1) is 0 Å². The van der Waals surface area contributed by atoms with Crippen molar-refractivity contribution in [3.63, 3.8) is 0 Å². The van der Waals surface area contributed by atoms with E-state index >= 15 is 0 Å². The third kappa shape index (κ3) is 3.23. The fourth-order valence-electron chi connectivity index (χ4n) is 2.14. The van der Waals surface area contributed by atoms with Crippen LogP contribution in [0.15, 0.2) is 0 Å². The fraction of sp³-hybridized carbons (Fsp3) is 1.00. The van der Waals surface area contributed by atoms with E-state index < -0.39 is 0 Å². The molecule has 0 amide bonds. The van der Waals surface area contributed by atoms with E-state index in [0.717, 1.165) is 26.3 Å². The van der Waals surface area contributed by atoms with E-state index in [0.29, 0.717) is 12.2 Å². The number of piperidine rings is 1. The molecule has 2 aliphatic rings. The Balaban J connectivity index is 1.60. The van der Waals surface area contributed by atoms with E-state index in [1.54, 1.807) is 0 Å². The van der Waals surface area contributed by atoms with Gasteiger partial charge in [-0.1, -0.05) is 0 Å². The number of nitrogens with one attached hydrogen (secondary N) is 1. The zero-order chi connectivity index (χ0) is 9.64. The van der Waals surface area contributed by atoms with Crippen LogP contribution in [0.2, 0.25) is 0 Å². The van der Waals surface area contributed by atoms with Crippen LogP contribution in [0.3, 0.4) is 0 Å². The Morgan fingerprint density at radius 1 is 1.21 bits per heavy atom. The molecule has 2 rings (SSSR count). The first-order valence-corrected chi connectivity index (χ1v) is 5.89. The highest BCUT2D eigenvalue weighted by molar-refractivity contribution is 4.70. The monoisotopic (exact) mass is 199 g/mol. The molecule has 1 unspecified atom stereocenters. The summed E-state index contributed by atoms with van der Waals surface area (Å²) in [5, 5.41) is 3.36. The van der Waals surface area contributed by atoms with Crippen LogP contribution < -0.4 is 5.32 Å². The zero-order valence-corrected chi connectivity index (χ0v) is 8.84. The Hall–Kier alpha value is -0.120. The molecule has 82 valence electrons. The van der Waals surface area contributed by atoms with Crippen molar-refractivity contribution < 1.29 is 9.47 Å². The molecule has 2 heterocycles. The molecule has 0 saturated carbocycles. The lowest BCUT2D eigenvalue weighted by molar-refractivity contribution is -0.0667. The topological polar surface area (TPSA) is 30.5 Å². The van der Waals surface area contributed by atoms with Crippen LogP contribution in [0.4, 0.5) is 0 Å². The van der Waals surface area contributed by atoms with Gasteiger partial charge in [-0.25, -0.2) is 0 Å². The third-order valence-corrected chi connectivity index (χ3v) is 3.04. The normalized spacial score (nSPS) is 34.3. The second-order valence-electron chi connectivity index (χ2n) is 4.29. The van der Waals surface area contributed by atoms with Crippen molar-refractivity contribution in [2.75, 3.05) is 26.3 Å². The van der Waals surface area contributed by atoms with Gasteiger partial charge in [-0.05, 0) is 38.6 Å². The second kappa shape index (κ2) is 5.69. The standard InChI is InChI=1S/C11H21NO2/c1-2-7-13-11(4-1)9-14-10-5-3-6-12-8-10/h10-12H,1-9H2/t10-,11?/m0/s1. The molecule has 3 nitrogen and oxygen atoms in total. The Morgan fingerprint density at radius 3 is 2.93 bits per heavy atom. The smallest absolute Gasteiger partial charge is 0.0808 e. The summed E-state index contributed by atoms with van der Waals surface area (Å²) in [5.41, 5.74) is 0. The molecule has 0 aliphatic carbocycles. The lowest BCUT2D eigenvalue weighted by Gasteiger charge is -2.27. The molecule has 0 aromatic rings. The summed E-state index contributed by atoms with van der Waals surface area (Å²) in [6.07, 6.45) is 6.95. The maximum atomic E-state index is 5.83. The van der Waals surface area contributed by atoms with Crippen molar-refractivity contribution in [2.24, 2.45) is 0 Å². The number of hydrogen-bond acceptors (Lipinski definition) is 3. The van der Waals surface area contributed by atoms with Crippen molar-refractivity contribution in [1.82, 2.24) is 5.32 Å². The van der Waals surface area contributed by atoms with Gasteiger partial charge in [0.15, 0.2) is 0 Å². The first-order chi connectivity index (χ1) is 6.95. The summed E-state index contributed by atoms with van der Waals surface area (Å²) < 4.78 is 11.5. The first-order valence-electron chi connectivity index (χ1n) is 5.89. The van der Waals surface area contributed by atoms with Crippen LogP contribution in [0.1, 0.15) is 32.1 Å². The molecule has 2 atom stereocenters. The number of ether oxygens (including phenoxy) is 2. The summed E-state index contributed by atoms with van der Waals surface area (Å²) in [6.45, 7) is 3.90. The van der Waals surface area contributed by atoms with Gasteiger partial charge in [0.1, 0.15) is 0 Å². The maximum Gasteiger partial charge on any atom is 0.0808 e. The third-order valence-electron chi connectivity index (χ3n) is 3.04. The fourth-order valence-corrected chi connectivity index (χ4v) is 2.14. The van der Waals surface area contributed by atoms with Crippen LogP contribution in [-0.2, 0) is 9.47 Å². The van der Waals surface area contributed by atoms with E-state index in [2.05, 4.69) is 5.32 Å². The lowest BCUT2D eigenvalue weighted by atomic mass is 10.1.